The summed E-state index contributed by atoms with van der Waals surface area (Å²) < 4.78 is 46.2. The number of fused-ring (bicyclic) bond motifs is 1. The molecule has 0 spiro atoms. The Labute approximate surface area is 171 Å². The van der Waals surface area contributed by atoms with Crippen molar-refractivity contribution in [1.29, 1.82) is 5.26 Å². The van der Waals surface area contributed by atoms with Gasteiger partial charge < -0.3 is 9.30 Å². The lowest BCUT2D eigenvalue weighted by atomic mass is 10.1. The maximum atomic E-state index is 13.2. The number of rotatable bonds is 5. The van der Waals surface area contributed by atoms with Crippen molar-refractivity contribution in [3.63, 3.8) is 0 Å². The molecule has 0 aliphatic rings. The molecule has 0 unspecified atom stereocenters. The summed E-state index contributed by atoms with van der Waals surface area (Å²) in [7, 11) is 0. The molecular formula is C23H19F3N2O2. The number of ether oxygens (including phenoxy) is 1. The zero-order chi connectivity index (χ0) is 21.9. The average molecular weight is 412 g/mol. The molecule has 1 heterocycles. The van der Waals surface area contributed by atoms with Gasteiger partial charge in [0, 0.05) is 29.2 Å². The summed E-state index contributed by atoms with van der Waals surface area (Å²) in [5.74, 6) is -0.717. The summed E-state index contributed by atoms with van der Waals surface area (Å²) in [6.07, 6.45) is -1.26. The zero-order valence-corrected chi connectivity index (χ0v) is 16.5. The van der Waals surface area contributed by atoms with Crippen molar-refractivity contribution in [2.45, 2.75) is 26.6 Å². The highest BCUT2D eigenvalue weighted by molar-refractivity contribution is 6.01. The Kier molecular flexibility index (Phi) is 5.97. The number of carbonyl (C=O) groups excluding carboxylic acids is 1. The van der Waals surface area contributed by atoms with Crippen molar-refractivity contribution >= 4 is 22.9 Å². The molecule has 1 aromatic heterocycles. The molecule has 0 aliphatic carbocycles. The Bertz CT molecular complexity index is 1170. The molecule has 0 fully saturated rings. The first-order valence-electron chi connectivity index (χ1n) is 9.27. The number of hydrogen-bond donors (Lipinski definition) is 0. The van der Waals surface area contributed by atoms with Crippen LogP contribution in [0.3, 0.4) is 0 Å². The van der Waals surface area contributed by atoms with Crippen molar-refractivity contribution in [3.05, 3.63) is 76.5 Å². The molecule has 0 atom stereocenters. The normalized spacial score (nSPS) is 12.1. The second kappa shape index (κ2) is 8.46. The van der Waals surface area contributed by atoms with Gasteiger partial charge in [-0.3, -0.25) is 0 Å². The van der Waals surface area contributed by atoms with Crippen LogP contribution in [-0.4, -0.2) is 17.1 Å². The van der Waals surface area contributed by atoms with Crippen LogP contribution in [0.25, 0.3) is 17.0 Å². The monoisotopic (exact) mass is 412 g/mol. The van der Waals surface area contributed by atoms with E-state index in [4.69, 9.17) is 4.74 Å². The maximum absolute atomic E-state index is 13.2. The minimum Gasteiger partial charge on any atom is -0.462 e. The summed E-state index contributed by atoms with van der Waals surface area (Å²) in [4.78, 5) is 12.0. The summed E-state index contributed by atoms with van der Waals surface area (Å²) >= 11 is 0. The first kappa shape index (κ1) is 21.2. The van der Waals surface area contributed by atoms with Crippen LogP contribution < -0.4 is 0 Å². The van der Waals surface area contributed by atoms with E-state index in [-0.39, 0.29) is 18.7 Å². The molecule has 154 valence electrons. The molecule has 0 radical (unpaired) electrons. The number of hydrogen-bond acceptors (Lipinski definition) is 3. The van der Waals surface area contributed by atoms with E-state index in [0.29, 0.717) is 16.7 Å². The molecule has 30 heavy (non-hydrogen) atoms. The lowest BCUT2D eigenvalue weighted by Crippen LogP contribution is -2.07. The molecule has 3 aromatic rings. The molecule has 0 saturated heterocycles. The third kappa shape index (κ3) is 4.54. The highest BCUT2D eigenvalue weighted by atomic mass is 19.4. The predicted octanol–water partition coefficient (Wildman–Crippen LogP) is 5.49. The molecule has 4 nitrogen and oxygen atoms in total. The summed E-state index contributed by atoms with van der Waals surface area (Å²) in [5, 5.41) is 10.1. The van der Waals surface area contributed by atoms with Crippen LogP contribution in [-0.2, 0) is 22.3 Å². The predicted molar refractivity (Wildman–Crippen MR) is 107 cm³/mol. The van der Waals surface area contributed by atoms with Gasteiger partial charge in [-0.2, -0.15) is 18.4 Å². The van der Waals surface area contributed by atoms with Crippen LogP contribution in [0.2, 0.25) is 0 Å². The van der Waals surface area contributed by atoms with E-state index in [9.17, 15) is 23.2 Å². The molecular weight excluding hydrogens is 393 g/mol. The Morgan fingerprint density at radius 2 is 1.97 bits per heavy atom. The summed E-state index contributed by atoms with van der Waals surface area (Å²) in [5.41, 5.74) is 1.58. The van der Waals surface area contributed by atoms with Crippen molar-refractivity contribution in [2.75, 3.05) is 6.61 Å². The van der Waals surface area contributed by atoms with Crippen LogP contribution in [0.4, 0.5) is 13.2 Å². The van der Waals surface area contributed by atoms with E-state index in [2.05, 4.69) is 0 Å². The van der Waals surface area contributed by atoms with Gasteiger partial charge in [0.1, 0.15) is 11.6 Å². The minimum atomic E-state index is -4.42. The molecule has 0 N–H and O–H groups in total. The number of alkyl halides is 3. The smallest absolute Gasteiger partial charge is 0.416 e. The van der Waals surface area contributed by atoms with Gasteiger partial charge >= 0.3 is 12.1 Å². The lowest BCUT2D eigenvalue weighted by Gasteiger charge is -2.12. The second-order valence-corrected chi connectivity index (χ2v) is 6.82. The van der Waals surface area contributed by atoms with E-state index in [1.54, 1.807) is 30.7 Å². The number of esters is 1. The third-order valence-electron chi connectivity index (χ3n) is 4.55. The van der Waals surface area contributed by atoms with E-state index in [1.165, 1.54) is 6.08 Å². The number of para-hydroxylation sites is 1. The standard InChI is InChI=1S/C23H19F3N2O2/c1-3-30-22(29)17(12-27)11-18-14-28(21-7-5-4-6-20(18)21)13-16-8-15(2)9-19(10-16)23(24,25)26/h4-11,14H,3,13H2,1-2H3/b17-11+. The quantitative estimate of drug-likeness (QED) is 0.316. The molecule has 0 aliphatic heterocycles. The zero-order valence-electron chi connectivity index (χ0n) is 16.5. The van der Waals surface area contributed by atoms with Gasteiger partial charge in [-0.05, 0) is 43.7 Å². The highest BCUT2D eigenvalue weighted by Crippen LogP contribution is 2.31. The SMILES string of the molecule is CCOC(=O)/C(C#N)=C/c1cn(Cc2cc(C)cc(C(F)(F)F)c2)c2ccccc12. The summed E-state index contributed by atoms with van der Waals surface area (Å²) in [6, 6.07) is 13.1. The van der Waals surface area contributed by atoms with Gasteiger partial charge in [0.2, 0.25) is 0 Å². The number of benzene rings is 2. The summed E-state index contributed by atoms with van der Waals surface area (Å²) in [6.45, 7) is 3.63. The Hall–Kier alpha value is -3.53. The van der Waals surface area contributed by atoms with Gasteiger partial charge in [-0.1, -0.05) is 29.8 Å². The van der Waals surface area contributed by atoms with Crippen LogP contribution in [0.1, 0.15) is 29.2 Å². The first-order chi connectivity index (χ1) is 14.2. The van der Waals surface area contributed by atoms with Gasteiger partial charge in [0.25, 0.3) is 0 Å². The van der Waals surface area contributed by atoms with Crippen molar-refractivity contribution < 1.29 is 22.7 Å². The van der Waals surface area contributed by atoms with Gasteiger partial charge in [-0.25, -0.2) is 4.79 Å². The molecule has 0 bridgehead atoms. The van der Waals surface area contributed by atoms with E-state index in [1.807, 2.05) is 30.3 Å². The number of aryl methyl sites for hydroxylation is 1. The van der Waals surface area contributed by atoms with Crippen LogP contribution in [0.5, 0.6) is 0 Å². The minimum absolute atomic E-state index is 0.144. The van der Waals surface area contributed by atoms with Crippen LogP contribution >= 0.6 is 0 Å². The fourth-order valence-electron chi connectivity index (χ4n) is 3.34. The molecule has 0 amide bonds. The fraction of sp³-hybridized carbons (Fsp3) is 0.217. The number of halogens is 3. The molecule has 3 rings (SSSR count). The van der Waals surface area contributed by atoms with Crippen molar-refractivity contribution in [1.82, 2.24) is 4.57 Å². The Morgan fingerprint density at radius 3 is 2.63 bits per heavy atom. The number of carbonyl (C=O) groups is 1. The Morgan fingerprint density at radius 1 is 1.23 bits per heavy atom. The lowest BCUT2D eigenvalue weighted by molar-refractivity contribution is -0.138. The Balaban J connectivity index is 2.06. The molecule has 7 heteroatoms. The number of nitrogens with zero attached hydrogens (tertiary/aromatic N) is 2. The number of aromatic nitrogens is 1. The van der Waals surface area contributed by atoms with E-state index < -0.39 is 17.7 Å². The molecule has 2 aromatic carbocycles. The third-order valence-corrected chi connectivity index (χ3v) is 4.55. The maximum Gasteiger partial charge on any atom is 0.416 e. The first-order valence-corrected chi connectivity index (χ1v) is 9.27. The van der Waals surface area contributed by atoms with Crippen LogP contribution in [0, 0.1) is 18.3 Å². The fourth-order valence-corrected chi connectivity index (χ4v) is 3.34. The van der Waals surface area contributed by atoms with E-state index in [0.717, 1.165) is 23.0 Å². The van der Waals surface area contributed by atoms with Crippen molar-refractivity contribution in [2.24, 2.45) is 0 Å². The second-order valence-electron chi connectivity index (χ2n) is 6.82. The van der Waals surface area contributed by atoms with Gasteiger partial charge in [0.15, 0.2) is 0 Å². The highest BCUT2D eigenvalue weighted by Gasteiger charge is 2.30. The van der Waals surface area contributed by atoms with Crippen molar-refractivity contribution in [3.8, 4) is 6.07 Å². The van der Waals surface area contributed by atoms with E-state index >= 15 is 0 Å². The van der Waals surface area contributed by atoms with Gasteiger partial charge in [0.05, 0.1) is 12.2 Å². The molecule has 0 saturated carbocycles. The largest absolute Gasteiger partial charge is 0.462 e. The topological polar surface area (TPSA) is 55.0 Å². The average Bonchev–Trinajstić information content (AvgIpc) is 3.02. The van der Waals surface area contributed by atoms with Gasteiger partial charge in [-0.15, -0.1) is 0 Å². The number of nitriles is 1. The van der Waals surface area contributed by atoms with Crippen LogP contribution in [0.15, 0.2) is 54.2 Å².